The summed E-state index contributed by atoms with van der Waals surface area (Å²) >= 11 is 0. The summed E-state index contributed by atoms with van der Waals surface area (Å²) in [6.07, 6.45) is 5.22. The third-order valence-corrected chi connectivity index (χ3v) is 2.10. The minimum atomic E-state index is 1.01. The number of aromatic nitrogens is 1. The molecule has 0 amide bonds. The fraction of sp³-hybridized carbons (Fsp3) is 0.300. The van der Waals surface area contributed by atoms with Gasteiger partial charge in [0.15, 0.2) is 0 Å². The molecule has 1 aliphatic heterocycles. The van der Waals surface area contributed by atoms with Gasteiger partial charge in [0.25, 0.3) is 0 Å². The third kappa shape index (κ3) is 1.09. The van der Waals surface area contributed by atoms with Gasteiger partial charge in [0, 0.05) is 18.9 Å². The van der Waals surface area contributed by atoms with E-state index < -0.39 is 0 Å². The molecule has 12 heavy (non-hydrogen) atoms. The molecule has 1 aromatic heterocycles. The maximum absolute atomic E-state index is 4.47. The van der Waals surface area contributed by atoms with Crippen LogP contribution >= 0.6 is 0 Å². The quantitative estimate of drug-likeness (QED) is 0.576. The summed E-state index contributed by atoms with van der Waals surface area (Å²) < 4.78 is 0. The minimum absolute atomic E-state index is 1.01. The van der Waals surface area contributed by atoms with Crippen molar-refractivity contribution < 1.29 is 0 Å². The molecule has 2 heterocycles. The van der Waals surface area contributed by atoms with Crippen molar-refractivity contribution in [1.29, 1.82) is 0 Å². The van der Waals surface area contributed by atoms with Gasteiger partial charge in [-0.1, -0.05) is 12.1 Å². The fourth-order valence-corrected chi connectivity index (χ4v) is 1.44. The van der Waals surface area contributed by atoms with Gasteiger partial charge in [-0.2, -0.15) is 0 Å². The Hall–Kier alpha value is -1.31. The SMILES string of the molecule is Cc1ccc2c(n1)N(C)C=CC2. The number of pyridine rings is 1. The lowest BCUT2D eigenvalue weighted by Crippen LogP contribution is -2.15. The lowest BCUT2D eigenvalue weighted by atomic mass is 10.1. The summed E-state index contributed by atoms with van der Waals surface area (Å²) in [5, 5.41) is 0. The molecule has 2 rings (SSSR count). The molecular weight excluding hydrogens is 148 g/mol. The summed E-state index contributed by atoms with van der Waals surface area (Å²) in [5.74, 6) is 1.09. The van der Waals surface area contributed by atoms with Crippen molar-refractivity contribution in [2.75, 3.05) is 11.9 Å². The molecular formula is C10H12N2. The van der Waals surface area contributed by atoms with E-state index in [0.717, 1.165) is 17.9 Å². The Bertz CT molecular complexity index is 329. The molecule has 0 unspecified atom stereocenters. The van der Waals surface area contributed by atoms with Crippen LogP contribution < -0.4 is 4.90 Å². The zero-order valence-electron chi connectivity index (χ0n) is 7.41. The molecule has 62 valence electrons. The van der Waals surface area contributed by atoms with Crippen molar-refractivity contribution in [3.05, 3.63) is 35.7 Å². The van der Waals surface area contributed by atoms with Crippen LogP contribution in [-0.2, 0) is 6.42 Å². The zero-order valence-corrected chi connectivity index (χ0v) is 7.41. The number of hydrogen-bond acceptors (Lipinski definition) is 2. The molecule has 1 aromatic rings. The summed E-state index contributed by atoms with van der Waals surface area (Å²) in [5.41, 5.74) is 2.39. The number of anilines is 1. The van der Waals surface area contributed by atoms with Crippen LogP contribution in [0.4, 0.5) is 5.82 Å². The van der Waals surface area contributed by atoms with Gasteiger partial charge in [0.1, 0.15) is 5.82 Å². The molecule has 0 saturated carbocycles. The first kappa shape index (κ1) is 7.35. The standard InChI is InChI=1S/C10H12N2/c1-8-5-6-9-4-3-7-12(2)10(9)11-8/h3,5-7H,4H2,1-2H3. The number of rotatable bonds is 0. The predicted molar refractivity (Wildman–Crippen MR) is 50.2 cm³/mol. The fourth-order valence-electron chi connectivity index (χ4n) is 1.44. The van der Waals surface area contributed by atoms with E-state index in [2.05, 4.69) is 34.3 Å². The molecule has 0 aromatic carbocycles. The largest absolute Gasteiger partial charge is 0.336 e. The van der Waals surface area contributed by atoms with Crippen LogP contribution in [-0.4, -0.2) is 12.0 Å². The topological polar surface area (TPSA) is 16.1 Å². The maximum Gasteiger partial charge on any atom is 0.136 e. The number of hydrogen-bond donors (Lipinski definition) is 0. The molecule has 0 spiro atoms. The van der Waals surface area contributed by atoms with Gasteiger partial charge in [0.2, 0.25) is 0 Å². The van der Waals surface area contributed by atoms with Crippen molar-refractivity contribution in [3.8, 4) is 0 Å². The van der Waals surface area contributed by atoms with E-state index >= 15 is 0 Å². The van der Waals surface area contributed by atoms with Gasteiger partial charge in [-0.3, -0.25) is 0 Å². The van der Waals surface area contributed by atoms with E-state index in [1.54, 1.807) is 0 Å². The molecule has 0 aliphatic carbocycles. The summed E-state index contributed by atoms with van der Waals surface area (Å²) in [6.45, 7) is 2.02. The highest BCUT2D eigenvalue weighted by molar-refractivity contribution is 5.52. The second-order valence-electron chi connectivity index (χ2n) is 3.14. The molecule has 0 N–H and O–H groups in total. The minimum Gasteiger partial charge on any atom is -0.336 e. The van der Waals surface area contributed by atoms with E-state index in [1.165, 1.54) is 5.56 Å². The zero-order chi connectivity index (χ0) is 8.55. The summed E-state index contributed by atoms with van der Waals surface area (Å²) in [6, 6.07) is 4.21. The predicted octanol–water partition coefficient (Wildman–Crippen LogP) is 1.90. The number of allylic oxidation sites excluding steroid dienone is 1. The first-order valence-corrected chi connectivity index (χ1v) is 4.13. The molecule has 0 fully saturated rings. The van der Waals surface area contributed by atoms with Gasteiger partial charge in [-0.25, -0.2) is 4.98 Å². The summed E-state index contributed by atoms with van der Waals surface area (Å²) in [4.78, 5) is 6.53. The third-order valence-electron chi connectivity index (χ3n) is 2.10. The van der Waals surface area contributed by atoms with Crippen LogP contribution in [0.15, 0.2) is 24.4 Å². The second-order valence-corrected chi connectivity index (χ2v) is 3.14. The monoisotopic (exact) mass is 160 g/mol. The first-order valence-electron chi connectivity index (χ1n) is 4.13. The van der Waals surface area contributed by atoms with Gasteiger partial charge in [0.05, 0.1) is 0 Å². The highest BCUT2D eigenvalue weighted by Crippen LogP contribution is 2.21. The smallest absolute Gasteiger partial charge is 0.136 e. The second kappa shape index (κ2) is 2.63. The number of nitrogens with zero attached hydrogens (tertiary/aromatic N) is 2. The van der Waals surface area contributed by atoms with E-state index in [0.29, 0.717) is 0 Å². The van der Waals surface area contributed by atoms with Crippen LogP contribution in [0, 0.1) is 6.92 Å². The number of fused-ring (bicyclic) bond motifs is 1. The van der Waals surface area contributed by atoms with Crippen LogP contribution in [0.25, 0.3) is 0 Å². The Morgan fingerprint density at radius 3 is 3.08 bits per heavy atom. The Morgan fingerprint density at radius 1 is 1.42 bits per heavy atom. The molecule has 2 nitrogen and oxygen atoms in total. The highest BCUT2D eigenvalue weighted by atomic mass is 15.2. The van der Waals surface area contributed by atoms with Crippen molar-refractivity contribution in [3.63, 3.8) is 0 Å². The molecule has 0 saturated heterocycles. The summed E-state index contributed by atoms with van der Waals surface area (Å²) in [7, 11) is 2.03. The Kier molecular flexibility index (Phi) is 1.61. The maximum atomic E-state index is 4.47. The molecule has 0 bridgehead atoms. The number of aryl methyl sites for hydroxylation is 1. The normalized spacial score (nSPS) is 14.7. The van der Waals surface area contributed by atoms with Crippen LogP contribution in [0.3, 0.4) is 0 Å². The lowest BCUT2D eigenvalue weighted by molar-refractivity contribution is 1.01. The van der Waals surface area contributed by atoms with Gasteiger partial charge < -0.3 is 4.90 Å². The average molecular weight is 160 g/mol. The molecule has 1 aliphatic rings. The van der Waals surface area contributed by atoms with E-state index in [1.807, 2.05) is 14.0 Å². The van der Waals surface area contributed by atoms with Crippen molar-refractivity contribution >= 4 is 5.82 Å². The lowest BCUT2D eigenvalue weighted by Gasteiger charge is -2.20. The van der Waals surface area contributed by atoms with Crippen LogP contribution in [0.5, 0.6) is 0 Å². The van der Waals surface area contributed by atoms with Crippen molar-refractivity contribution in [1.82, 2.24) is 4.98 Å². The Balaban J connectivity index is 2.52. The van der Waals surface area contributed by atoms with Crippen molar-refractivity contribution in [2.45, 2.75) is 13.3 Å². The first-order chi connectivity index (χ1) is 5.77. The molecule has 2 heteroatoms. The van der Waals surface area contributed by atoms with E-state index in [4.69, 9.17) is 0 Å². The molecule has 0 atom stereocenters. The Labute approximate surface area is 72.5 Å². The van der Waals surface area contributed by atoms with E-state index in [9.17, 15) is 0 Å². The van der Waals surface area contributed by atoms with Crippen molar-refractivity contribution in [2.24, 2.45) is 0 Å². The van der Waals surface area contributed by atoms with Crippen LogP contribution in [0.1, 0.15) is 11.3 Å². The van der Waals surface area contributed by atoms with Gasteiger partial charge in [-0.15, -0.1) is 0 Å². The van der Waals surface area contributed by atoms with Gasteiger partial charge >= 0.3 is 0 Å². The Morgan fingerprint density at radius 2 is 2.25 bits per heavy atom. The van der Waals surface area contributed by atoms with E-state index in [-0.39, 0.29) is 0 Å². The van der Waals surface area contributed by atoms with Gasteiger partial charge in [-0.05, 0) is 25.0 Å². The highest BCUT2D eigenvalue weighted by Gasteiger charge is 2.09. The molecule has 0 radical (unpaired) electrons. The average Bonchev–Trinajstić information content (AvgIpc) is 2.07. The van der Waals surface area contributed by atoms with Crippen LogP contribution in [0.2, 0.25) is 0 Å².